The first-order valence-electron chi connectivity index (χ1n) is 10.9. The van der Waals surface area contributed by atoms with Crippen LogP contribution in [0.5, 0.6) is 0 Å². The van der Waals surface area contributed by atoms with Gasteiger partial charge >= 0.3 is 11.9 Å². The minimum absolute atomic E-state index is 0.0668. The molecule has 36 heavy (non-hydrogen) atoms. The predicted molar refractivity (Wildman–Crippen MR) is 124 cm³/mol. The average Bonchev–Trinajstić information content (AvgIpc) is 2.79. The number of aliphatic hydroxyl groups is 1. The van der Waals surface area contributed by atoms with E-state index in [1.54, 1.807) is 30.3 Å². The van der Waals surface area contributed by atoms with Gasteiger partial charge < -0.3 is 42.7 Å². The summed E-state index contributed by atoms with van der Waals surface area (Å²) in [7, 11) is 0. The van der Waals surface area contributed by atoms with Crippen molar-refractivity contribution in [3.8, 4) is 0 Å². The van der Waals surface area contributed by atoms with Crippen molar-refractivity contribution < 1.29 is 44.1 Å². The standard InChI is InChI=1S/C22H31N5O9/c1-11(28)18(24)21(34)27-14(9-12-5-3-2-4-6-12)19(32)26-15(10-17(30)31)20(33)25-13(22(35)36)7-8-16(23)29/h2-6,11,13-15,18,28H,7-10,24H2,1H3,(H2,23,29)(H,25,33)(H,26,32)(H,27,34)(H,30,31)(H,35,36). The summed E-state index contributed by atoms with van der Waals surface area (Å²) in [6.45, 7) is 1.28. The van der Waals surface area contributed by atoms with Gasteiger partial charge in [-0.1, -0.05) is 30.3 Å². The van der Waals surface area contributed by atoms with Crippen LogP contribution in [0.2, 0.25) is 0 Å². The lowest BCUT2D eigenvalue weighted by Crippen LogP contribution is -2.59. The van der Waals surface area contributed by atoms with Gasteiger partial charge in [0.25, 0.3) is 0 Å². The van der Waals surface area contributed by atoms with Crippen LogP contribution in [0.3, 0.4) is 0 Å². The number of aliphatic hydroxyl groups excluding tert-OH is 1. The highest BCUT2D eigenvalue weighted by Gasteiger charge is 2.32. The van der Waals surface area contributed by atoms with E-state index in [0.717, 1.165) is 0 Å². The molecule has 0 saturated carbocycles. The molecular weight excluding hydrogens is 478 g/mol. The number of carboxylic acids is 2. The number of nitrogens with one attached hydrogen (secondary N) is 3. The van der Waals surface area contributed by atoms with Crippen LogP contribution in [0.4, 0.5) is 0 Å². The Bertz CT molecular complexity index is 954. The molecule has 1 aromatic rings. The number of carbonyl (C=O) groups is 6. The minimum atomic E-state index is -1.72. The molecule has 1 rings (SSSR count). The molecule has 0 aromatic heterocycles. The van der Waals surface area contributed by atoms with Gasteiger partial charge in [0, 0.05) is 12.8 Å². The summed E-state index contributed by atoms with van der Waals surface area (Å²) in [5.74, 6) is -6.72. The lowest BCUT2D eigenvalue weighted by Gasteiger charge is -2.25. The maximum atomic E-state index is 13.0. The second-order valence-corrected chi connectivity index (χ2v) is 8.08. The van der Waals surface area contributed by atoms with Crippen LogP contribution in [0, 0.1) is 0 Å². The Morgan fingerprint density at radius 3 is 1.89 bits per heavy atom. The van der Waals surface area contributed by atoms with Gasteiger partial charge in [-0.05, 0) is 18.9 Å². The predicted octanol–water partition coefficient (Wildman–Crippen LogP) is -2.78. The van der Waals surface area contributed by atoms with Crippen LogP contribution in [-0.2, 0) is 35.2 Å². The van der Waals surface area contributed by atoms with Crippen LogP contribution in [0.1, 0.15) is 31.7 Å². The second kappa shape index (κ2) is 14.4. The smallest absolute Gasteiger partial charge is 0.326 e. The molecule has 0 bridgehead atoms. The Hall–Kier alpha value is -4.04. The molecule has 14 nitrogen and oxygen atoms in total. The van der Waals surface area contributed by atoms with E-state index in [4.69, 9.17) is 11.5 Å². The first-order valence-corrected chi connectivity index (χ1v) is 10.9. The average molecular weight is 510 g/mol. The van der Waals surface area contributed by atoms with Crippen molar-refractivity contribution in [2.75, 3.05) is 0 Å². The van der Waals surface area contributed by atoms with Gasteiger partial charge in [-0.3, -0.25) is 24.0 Å². The van der Waals surface area contributed by atoms with Crippen LogP contribution in [0.25, 0.3) is 0 Å². The Labute approximate surface area is 206 Å². The third kappa shape index (κ3) is 10.5. The molecular formula is C22H31N5O9. The Balaban J connectivity index is 3.10. The van der Waals surface area contributed by atoms with Gasteiger partial charge in [0.2, 0.25) is 23.6 Å². The van der Waals surface area contributed by atoms with Gasteiger partial charge in [-0.15, -0.1) is 0 Å². The first kappa shape index (κ1) is 30.0. The molecule has 0 aliphatic carbocycles. The van der Waals surface area contributed by atoms with E-state index in [1.165, 1.54) is 6.92 Å². The maximum Gasteiger partial charge on any atom is 0.326 e. The number of primary amides is 1. The molecule has 0 radical (unpaired) electrons. The van der Waals surface area contributed by atoms with Crippen LogP contribution in [-0.4, -0.2) is 81.2 Å². The lowest BCUT2D eigenvalue weighted by atomic mass is 10.0. The largest absolute Gasteiger partial charge is 0.481 e. The van der Waals surface area contributed by atoms with E-state index in [9.17, 15) is 44.1 Å². The molecule has 5 atom stereocenters. The van der Waals surface area contributed by atoms with Crippen molar-refractivity contribution in [3.05, 3.63) is 35.9 Å². The SMILES string of the molecule is CC(O)C(N)C(=O)NC(Cc1ccccc1)C(=O)NC(CC(=O)O)C(=O)NC(CCC(N)=O)C(=O)O. The molecule has 0 aliphatic heterocycles. The number of aliphatic carboxylic acids is 2. The highest BCUT2D eigenvalue weighted by molar-refractivity contribution is 5.95. The van der Waals surface area contributed by atoms with Gasteiger partial charge in [0.05, 0.1) is 12.5 Å². The van der Waals surface area contributed by atoms with Crippen molar-refractivity contribution >= 4 is 35.6 Å². The maximum absolute atomic E-state index is 13.0. The summed E-state index contributed by atoms with van der Waals surface area (Å²) in [6.07, 6.45) is -2.92. The zero-order chi connectivity index (χ0) is 27.4. The fourth-order valence-corrected chi connectivity index (χ4v) is 3.02. The number of amides is 4. The normalized spacial score (nSPS) is 14.9. The molecule has 0 heterocycles. The fraction of sp³-hybridized carbons (Fsp3) is 0.455. The number of nitrogens with two attached hydrogens (primary N) is 2. The zero-order valence-electron chi connectivity index (χ0n) is 19.5. The first-order chi connectivity index (χ1) is 16.8. The molecule has 0 aliphatic rings. The fourth-order valence-electron chi connectivity index (χ4n) is 3.02. The third-order valence-electron chi connectivity index (χ3n) is 5.04. The number of carbonyl (C=O) groups excluding carboxylic acids is 4. The third-order valence-corrected chi connectivity index (χ3v) is 5.04. The van der Waals surface area contributed by atoms with E-state index < -0.39 is 72.3 Å². The Morgan fingerprint density at radius 2 is 1.39 bits per heavy atom. The quantitative estimate of drug-likeness (QED) is 0.121. The number of benzene rings is 1. The number of hydrogen-bond donors (Lipinski definition) is 8. The molecule has 0 saturated heterocycles. The monoisotopic (exact) mass is 509 g/mol. The molecule has 10 N–H and O–H groups in total. The topological polar surface area (TPSA) is 251 Å². The summed E-state index contributed by atoms with van der Waals surface area (Å²) in [4.78, 5) is 71.8. The second-order valence-electron chi connectivity index (χ2n) is 8.08. The van der Waals surface area contributed by atoms with E-state index in [0.29, 0.717) is 5.56 Å². The molecule has 0 spiro atoms. The van der Waals surface area contributed by atoms with E-state index in [2.05, 4.69) is 16.0 Å². The molecule has 0 fully saturated rings. The number of carboxylic acid groups (broad SMARTS) is 2. The highest BCUT2D eigenvalue weighted by atomic mass is 16.4. The van der Waals surface area contributed by atoms with Crippen LogP contribution in [0.15, 0.2) is 30.3 Å². The summed E-state index contributed by atoms with van der Waals surface area (Å²) >= 11 is 0. The van der Waals surface area contributed by atoms with E-state index >= 15 is 0 Å². The molecule has 4 amide bonds. The molecule has 198 valence electrons. The highest BCUT2D eigenvalue weighted by Crippen LogP contribution is 2.06. The Kier molecular flexibility index (Phi) is 12.0. The van der Waals surface area contributed by atoms with Gasteiger partial charge in [-0.25, -0.2) is 4.79 Å². The number of rotatable bonds is 15. The Morgan fingerprint density at radius 1 is 0.861 bits per heavy atom. The van der Waals surface area contributed by atoms with Crippen LogP contribution < -0.4 is 27.4 Å². The molecule has 1 aromatic carbocycles. The molecule has 5 unspecified atom stereocenters. The van der Waals surface area contributed by atoms with Gasteiger partial charge in [-0.2, -0.15) is 0 Å². The molecule has 14 heteroatoms. The van der Waals surface area contributed by atoms with Crippen molar-refractivity contribution in [1.29, 1.82) is 0 Å². The summed E-state index contributed by atoms with van der Waals surface area (Å²) in [5.41, 5.74) is 11.2. The van der Waals surface area contributed by atoms with Gasteiger partial charge in [0.15, 0.2) is 0 Å². The lowest BCUT2D eigenvalue weighted by molar-refractivity contribution is -0.144. The van der Waals surface area contributed by atoms with Crippen molar-refractivity contribution in [2.45, 2.75) is 62.9 Å². The van der Waals surface area contributed by atoms with E-state index in [1.807, 2.05) is 0 Å². The van der Waals surface area contributed by atoms with Gasteiger partial charge in [0.1, 0.15) is 24.2 Å². The van der Waals surface area contributed by atoms with E-state index in [-0.39, 0.29) is 19.3 Å². The van der Waals surface area contributed by atoms with Crippen molar-refractivity contribution in [2.24, 2.45) is 11.5 Å². The summed E-state index contributed by atoms with van der Waals surface area (Å²) in [6, 6.07) is 2.46. The summed E-state index contributed by atoms with van der Waals surface area (Å²) in [5, 5.41) is 34.7. The minimum Gasteiger partial charge on any atom is -0.481 e. The van der Waals surface area contributed by atoms with Crippen LogP contribution >= 0.6 is 0 Å². The number of hydrogen-bond acceptors (Lipinski definition) is 8. The zero-order valence-corrected chi connectivity index (χ0v) is 19.5. The summed E-state index contributed by atoms with van der Waals surface area (Å²) < 4.78 is 0. The van der Waals surface area contributed by atoms with Crippen molar-refractivity contribution in [3.63, 3.8) is 0 Å². The van der Waals surface area contributed by atoms with Crippen molar-refractivity contribution in [1.82, 2.24) is 16.0 Å².